The number of rotatable bonds is 5. The van der Waals surface area contributed by atoms with Crippen LogP contribution in [0.1, 0.15) is 19.8 Å². The number of piperazine rings is 1. The van der Waals surface area contributed by atoms with Gasteiger partial charge in [0.15, 0.2) is 0 Å². The van der Waals surface area contributed by atoms with Crippen LogP contribution < -0.4 is 0 Å². The summed E-state index contributed by atoms with van der Waals surface area (Å²) < 4.78 is 26.6. The number of benzene rings is 1. The Morgan fingerprint density at radius 3 is 2.43 bits per heavy atom. The molecular formula is C14H22Cl2N2O2S. The number of unbranched alkanes of at least 4 members (excludes halogenated alkanes) is 1. The number of hydrogen-bond acceptors (Lipinski definition) is 3. The van der Waals surface area contributed by atoms with Gasteiger partial charge in [-0.3, -0.25) is 0 Å². The molecule has 1 aliphatic heterocycles. The van der Waals surface area contributed by atoms with Crippen LogP contribution in [0, 0.1) is 0 Å². The molecule has 1 saturated heterocycles. The van der Waals surface area contributed by atoms with Crippen molar-refractivity contribution in [3.05, 3.63) is 29.3 Å². The lowest BCUT2D eigenvalue weighted by atomic mass is 10.3. The highest BCUT2D eigenvalue weighted by atomic mass is 35.5. The molecular weight excluding hydrogens is 331 g/mol. The lowest BCUT2D eigenvalue weighted by molar-refractivity contribution is 0.186. The molecule has 1 aromatic rings. The Morgan fingerprint density at radius 1 is 1.19 bits per heavy atom. The van der Waals surface area contributed by atoms with Crippen molar-refractivity contribution in [3.8, 4) is 0 Å². The maximum Gasteiger partial charge on any atom is 0.243 e. The summed E-state index contributed by atoms with van der Waals surface area (Å²) in [6, 6.07) is 6.47. The zero-order valence-electron chi connectivity index (χ0n) is 12.2. The first-order valence-corrected chi connectivity index (χ1v) is 8.84. The predicted octanol–water partition coefficient (Wildman–Crippen LogP) is 2.87. The monoisotopic (exact) mass is 352 g/mol. The summed E-state index contributed by atoms with van der Waals surface area (Å²) in [5.41, 5.74) is 0. The number of sulfonamides is 1. The van der Waals surface area contributed by atoms with Gasteiger partial charge in [-0.1, -0.05) is 31.0 Å². The van der Waals surface area contributed by atoms with E-state index in [0.717, 1.165) is 19.6 Å². The summed E-state index contributed by atoms with van der Waals surface area (Å²) in [7, 11) is -3.41. The molecule has 21 heavy (non-hydrogen) atoms. The van der Waals surface area contributed by atoms with Gasteiger partial charge in [0, 0.05) is 31.2 Å². The molecule has 0 bridgehead atoms. The summed E-state index contributed by atoms with van der Waals surface area (Å²) in [6.45, 7) is 5.94. The molecule has 1 aromatic carbocycles. The highest BCUT2D eigenvalue weighted by molar-refractivity contribution is 7.89. The Balaban J connectivity index is 0.00000220. The van der Waals surface area contributed by atoms with Gasteiger partial charge in [-0.05, 0) is 31.2 Å². The van der Waals surface area contributed by atoms with Gasteiger partial charge in [-0.25, -0.2) is 8.42 Å². The molecule has 4 nitrogen and oxygen atoms in total. The second kappa shape index (κ2) is 8.34. The van der Waals surface area contributed by atoms with E-state index in [1.165, 1.54) is 18.9 Å². The van der Waals surface area contributed by atoms with Crippen molar-refractivity contribution in [1.82, 2.24) is 9.21 Å². The molecule has 0 unspecified atom stereocenters. The molecule has 0 spiro atoms. The molecule has 0 radical (unpaired) electrons. The molecule has 2 rings (SSSR count). The molecule has 1 aliphatic rings. The van der Waals surface area contributed by atoms with Crippen LogP contribution in [-0.4, -0.2) is 50.3 Å². The lowest BCUT2D eigenvalue weighted by Gasteiger charge is -2.33. The van der Waals surface area contributed by atoms with Gasteiger partial charge in [0.2, 0.25) is 10.0 Å². The first-order valence-electron chi connectivity index (χ1n) is 7.02. The molecule has 120 valence electrons. The van der Waals surface area contributed by atoms with E-state index in [1.54, 1.807) is 22.5 Å². The third-order valence-electron chi connectivity index (χ3n) is 3.59. The van der Waals surface area contributed by atoms with Gasteiger partial charge in [-0.15, -0.1) is 12.4 Å². The normalized spacial score (nSPS) is 17.4. The number of halogens is 2. The second-order valence-corrected chi connectivity index (χ2v) is 7.43. The first kappa shape index (κ1) is 18.7. The minimum absolute atomic E-state index is 0. The molecule has 0 atom stereocenters. The highest BCUT2D eigenvalue weighted by Crippen LogP contribution is 2.20. The van der Waals surface area contributed by atoms with Gasteiger partial charge in [0.25, 0.3) is 0 Å². The standard InChI is InChI=1S/C14H21ClN2O2S.ClH/c1-2-3-7-16-8-10-17(11-9-16)20(18,19)14-6-4-5-13(15)12-14;/h4-6,12H,2-3,7-11H2,1H3;1H. The molecule has 7 heteroatoms. The van der Waals surface area contributed by atoms with E-state index in [2.05, 4.69) is 11.8 Å². The molecule has 0 amide bonds. The summed E-state index contributed by atoms with van der Waals surface area (Å²) in [6.07, 6.45) is 2.34. The van der Waals surface area contributed by atoms with E-state index in [9.17, 15) is 8.42 Å². The van der Waals surface area contributed by atoms with Crippen LogP contribution >= 0.6 is 24.0 Å². The fraction of sp³-hybridized carbons (Fsp3) is 0.571. The van der Waals surface area contributed by atoms with Crippen molar-refractivity contribution in [1.29, 1.82) is 0 Å². The van der Waals surface area contributed by atoms with Crippen LogP contribution in [0.15, 0.2) is 29.2 Å². The van der Waals surface area contributed by atoms with E-state index in [4.69, 9.17) is 11.6 Å². The predicted molar refractivity (Wildman–Crippen MR) is 88.8 cm³/mol. The van der Waals surface area contributed by atoms with Crippen molar-refractivity contribution < 1.29 is 8.42 Å². The molecule has 1 heterocycles. The summed E-state index contributed by atoms with van der Waals surface area (Å²) in [5, 5.41) is 0.452. The van der Waals surface area contributed by atoms with Crippen molar-refractivity contribution in [2.24, 2.45) is 0 Å². The average Bonchev–Trinajstić information content (AvgIpc) is 2.45. The van der Waals surface area contributed by atoms with Gasteiger partial charge < -0.3 is 4.90 Å². The molecule has 0 N–H and O–H groups in total. The smallest absolute Gasteiger partial charge is 0.243 e. The van der Waals surface area contributed by atoms with Crippen molar-refractivity contribution in [3.63, 3.8) is 0 Å². The Labute approximate surface area is 138 Å². The minimum Gasteiger partial charge on any atom is -0.301 e. The molecule has 0 aliphatic carbocycles. The van der Waals surface area contributed by atoms with Crippen molar-refractivity contribution >= 4 is 34.0 Å². The number of hydrogen-bond donors (Lipinski definition) is 0. The lowest BCUT2D eigenvalue weighted by Crippen LogP contribution is -2.48. The van der Waals surface area contributed by atoms with E-state index >= 15 is 0 Å². The Morgan fingerprint density at radius 2 is 1.86 bits per heavy atom. The fourth-order valence-corrected chi connectivity index (χ4v) is 4.08. The van der Waals surface area contributed by atoms with Gasteiger partial charge in [0.05, 0.1) is 4.90 Å². The second-order valence-electron chi connectivity index (χ2n) is 5.06. The maximum atomic E-state index is 12.5. The van der Waals surface area contributed by atoms with Gasteiger partial charge in [0.1, 0.15) is 0 Å². The van der Waals surface area contributed by atoms with E-state index in [-0.39, 0.29) is 17.3 Å². The average molecular weight is 353 g/mol. The zero-order valence-corrected chi connectivity index (χ0v) is 14.6. The van der Waals surface area contributed by atoms with Crippen LogP contribution in [0.25, 0.3) is 0 Å². The first-order chi connectivity index (χ1) is 9.54. The van der Waals surface area contributed by atoms with Crippen molar-refractivity contribution in [2.45, 2.75) is 24.7 Å². The van der Waals surface area contributed by atoms with E-state index in [1.807, 2.05) is 0 Å². The Hall–Kier alpha value is -0.330. The van der Waals surface area contributed by atoms with Crippen molar-refractivity contribution in [2.75, 3.05) is 32.7 Å². The number of nitrogens with zero attached hydrogens (tertiary/aromatic N) is 2. The van der Waals surface area contributed by atoms with Crippen LogP contribution in [0.4, 0.5) is 0 Å². The van der Waals surface area contributed by atoms with Crippen LogP contribution in [-0.2, 0) is 10.0 Å². The third-order valence-corrected chi connectivity index (χ3v) is 5.72. The molecule has 0 saturated carbocycles. The molecule has 1 fully saturated rings. The van der Waals surface area contributed by atoms with Crippen LogP contribution in [0.5, 0.6) is 0 Å². The molecule has 0 aromatic heterocycles. The SMILES string of the molecule is CCCCN1CCN(S(=O)(=O)c2cccc(Cl)c2)CC1.Cl. The Bertz CT molecular complexity index is 544. The maximum absolute atomic E-state index is 12.5. The largest absolute Gasteiger partial charge is 0.301 e. The fourth-order valence-electron chi connectivity index (χ4n) is 2.35. The van der Waals surface area contributed by atoms with Gasteiger partial charge >= 0.3 is 0 Å². The quantitative estimate of drug-likeness (QED) is 0.817. The van der Waals surface area contributed by atoms with Crippen LogP contribution in [0.2, 0.25) is 5.02 Å². The summed E-state index contributed by atoms with van der Waals surface area (Å²) >= 11 is 5.88. The summed E-state index contributed by atoms with van der Waals surface area (Å²) in [4.78, 5) is 2.61. The van der Waals surface area contributed by atoms with Gasteiger partial charge in [-0.2, -0.15) is 4.31 Å². The van der Waals surface area contributed by atoms with E-state index in [0.29, 0.717) is 18.1 Å². The van der Waals surface area contributed by atoms with Crippen LogP contribution in [0.3, 0.4) is 0 Å². The minimum atomic E-state index is -3.41. The topological polar surface area (TPSA) is 40.6 Å². The zero-order chi connectivity index (χ0) is 14.6. The summed E-state index contributed by atoms with van der Waals surface area (Å²) in [5.74, 6) is 0. The Kier molecular flexibility index (Phi) is 7.44. The highest BCUT2D eigenvalue weighted by Gasteiger charge is 2.28. The third kappa shape index (κ3) is 4.83. The van der Waals surface area contributed by atoms with E-state index < -0.39 is 10.0 Å².